The van der Waals surface area contributed by atoms with Crippen LogP contribution < -0.4 is 0 Å². The van der Waals surface area contributed by atoms with Crippen molar-refractivity contribution in [2.45, 2.75) is 26.4 Å². The number of nitriles is 1. The van der Waals surface area contributed by atoms with Gasteiger partial charge in [0.25, 0.3) is 0 Å². The SMILES string of the molecule is CC[C@H](C)OC(=O)/C(C#N)=C/c1ccc(-c2cccc(Cl)c2Cl)o1. The number of furan rings is 1. The molecule has 2 aromatic rings. The highest BCUT2D eigenvalue weighted by Gasteiger charge is 2.15. The van der Waals surface area contributed by atoms with Gasteiger partial charge in [-0.1, -0.05) is 36.2 Å². The van der Waals surface area contributed by atoms with Crippen LogP contribution in [-0.4, -0.2) is 12.1 Å². The lowest BCUT2D eigenvalue weighted by Crippen LogP contribution is -2.15. The van der Waals surface area contributed by atoms with Crippen LogP contribution in [0, 0.1) is 11.3 Å². The lowest BCUT2D eigenvalue weighted by molar-refractivity contribution is -0.142. The molecule has 0 amide bonds. The molecule has 0 saturated carbocycles. The normalized spacial score (nSPS) is 12.5. The van der Waals surface area contributed by atoms with Gasteiger partial charge in [-0.05, 0) is 37.6 Å². The predicted octanol–water partition coefficient (Wildman–Crippen LogP) is 5.50. The van der Waals surface area contributed by atoms with Crippen LogP contribution in [0.15, 0.2) is 40.3 Å². The third kappa shape index (κ3) is 4.19. The second kappa shape index (κ2) is 8.05. The van der Waals surface area contributed by atoms with Gasteiger partial charge in [-0.3, -0.25) is 0 Å². The molecule has 24 heavy (non-hydrogen) atoms. The third-order valence-electron chi connectivity index (χ3n) is 3.35. The van der Waals surface area contributed by atoms with Gasteiger partial charge in [0, 0.05) is 11.6 Å². The highest BCUT2D eigenvalue weighted by molar-refractivity contribution is 6.43. The van der Waals surface area contributed by atoms with Gasteiger partial charge in [-0.25, -0.2) is 4.79 Å². The zero-order valence-corrected chi connectivity index (χ0v) is 14.7. The van der Waals surface area contributed by atoms with Gasteiger partial charge in [-0.2, -0.15) is 5.26 Å². The van der Waals surface area contributed by atoms with E-state index in [-0.39, 0.29) is 11.7 Å². The molecule has 1 aromatic heterocycles. The van der Waals surface area contributed by atoms with Crippen LogP contribution in [0.3, 0.4) is 0 Å². The van der Waals surface area contributed by atoms with Gasteiger partial charge in [-0.15, -0.1) is 0 Å². The number of rotatable bonds is 5. The molecule has 1 heterocycles. The van der Waals surface area contributed by atoms with E-state index in [1.165, 1.54) is 6.08 Å². The molecule has 0 fully saturated rings. The first-order chi connectivity index (χ1) is 11.5. The highest BCUT2D eigenvalue weighted by Crippen LogP contribution is 2.34. The van der Waals surface area contributed by atoms with Crippen LogP contribution in [0.4, 0.5) is 0 Å². The van der Waals surface area contributed by atoms with Gasteiger partial charge in [0.05, 0.1) is 16.1 Å². The van der Waals surface area contributed by atoms with Crippen LogP contribution in [0.1, 0.15) is 26.0 Å². The van der Waals surface area contributed by atoms with Crippen LogP contribution >= 0.6 is 23.2 Å². The van der Waals surface area contributed by atoms with E-state index in [1.54, 1.807) is 37.3 Å². The van der Waals surface area contributed by atoms with Crippen molar-refractivity contribution in [1.82, 2.24) is 0 Å². The number of nitrogens with zero attached hydrogens (tertiary/aromatic N) is 1. The van der Waals surface area contributed by atoms with E-state index in [4.69, 9.17) is 37.6 Å². The van der Waals surface area contributed by atoms with Crippen molar-refractivity contribution in [3.05, 3.63) is 51.7 Å². The summed E-state index contributed by atoms with van der Waals surface area (Å²) in [7, 11) is 0. The molecule has 0 saturated heterocycles. The molecule has 4 nitrogen and oxygen atoms in total. The first kappa shape index (κ1) is 18.1. The minimum absolute atomic E-state index is 0.131. The lowest BCUT2D eigenvalue weighted by Gasteiger charge is -2.09. The fourth-order valence-corrected chi connectivity index (χ4v) is 2.27. The third-order valence-corrected chi connectivity index (χ3v) is 4.17. The van der Waals surface area contributed by atoms with Crippen LogP contribution in [0.5, 0.6) is 0 Å². The summed E-state index contributed by atoms with van der Waals surface area (Å²) in [5.41, 5.74) is 0.498. The Morgan fingerprint density at radius 2 is 2.12 bits per heavy atom. The van der Waals surface area contributed by atoms with Gasteiger partial charge in [0.15, 0.2) is 0 Å². The largest absolute Gasteiger partial charge is 0.459 e. The number of esters is 1. The smallest absolute Gasteiger partial charge is 0.349 e. The molecule has 0 unspecified atom stereocenters. The zero-order chi connectivity index (χ0) is 17.7. The summed E-state index contributed by atoms with van der Waals surface area (Å²) in [5.74, 6) is 0.158. The number of hydrogen-bond acceptors (Lipinski definition) is 4. The maximum atomic E-state index is 11.9. The first-order valence-corrected chi connectivity index (χ1v) is 8.08. The molecule has 0 aliphatic heterocycles. The summed E-state index contributed by atoms with van der Waals surface area (Å²) in [4.78, 5) is 11.9. The van der Waals surface area contributed by atoms with Crippen molar-refractivity contribution < 1.29 is 13.9 Å². The van der Waals surface area contributed by atoms with Crippen LogP contribution in [-0.2, 0) is 9.53 Å². The van der Waals surface area contributed by atoms with Gasteiger partial charge in [0.1, 0.15) is 23.2 Å². The molecule has 0 aliphatic carbocycles. The van der Waals surface area contributed by atoms with Crippen molar-refractivity contribution in [2.75, 3.05) is 0 Å². The molecule has 6 heteroatoms. The molecular formula is C18H15Cl2NO3. The van der Waals surface area contributed by atoms with Crippen molar-refractivity contribution in [1.29, 1.82) is 5.26 Å². The standard InChI is InChI=1S/C18H15Cl2NO3/c1-3-11(2)23-18(22)12(10-21)9-13-7-8-16(24-13)14-5-4-6-15(19)17(14)20/h4-9,11H,3H2,1-2H3/b12-9+/t11-/m0/s1. The van der Waals surface area contributed by atoms with Gasteiger partial charge in [0.2, 0.25) is 0 Å². The zero-order valence-electron chi connectivity index (χ0n) is 13.2. The molecule has 1 atom stereocenters. The predicted molar refractivity (Wildman–Crippen MR) is 93.6 cm³/mol. The summed E-state index contributed by atoms with van der Waals surface area (Å²) in [6.45, 7) is 3.65. The Balaban J connectivity index is 2.28. The minimum Gasteiger partial charge on any atom is -0.459 e. The van der Waals surface area contributed by atoms with Crippen molar-refractivity contribution in [2.24, 2.45) is 0 Å². The minimum atomic E-state index is -0.675. The summed E-state index contributed by atoms with van der Waals surface area (Å²) >= 11 is 12.2. The summed E-state index contributed by atoms with van der Waals surface area (Å²) in [6.07, 6.45) is 1.75. The van der Waals surface area contributed by atoms with E-state index in [2.05, 4.69) is 0 Å². The Morgan fingerprint density at radius 3 is 2.79 bits per heavy atom. The Bertz CT molecular complexity index is 818. The maximum absolute atomic E-state index is 11.9. The topological polar surface area (TPSA) is 63.2 Å². The van der Waals surface area contributed by atoms with Gasteiger partial charge < -0.3 is 9.15 Å². The van der Waals surface area contributed by atoms with Crippen LogP contribution in [0.25, 0.3) is 17.4 Å². The molecule has 2 rings (SSSR count). The molecule has 0 aliphatic rings. The van der Waals surface area contributed by atoms with Gasteiger partial charge >= 0.3 is 5.97 Å². The number of carbonyl (C=O) groups is 1. The van der Waals surface area contributed by atoms with E-state index in [0.29, 0.717) is 33.6 Å². The van der Waals surface area contributed by atoms with Crippen LogP contribution in [0.2, 0.25) is 10.0 Å². The Kier molecular flexibility index (Phi) is 6.08. The van der Waals surface area contributed by atoms with E-state index >= 15 is 0 Å². The number of ether oxygens (including phenoxy) is 1. The van der Waals surface area contributed by atoms with E-state index in [0.717, 1.165) is 0 Å². The Labute approximate surface area is 150 Å². The van der Waals surface area contributed by atoms with E-state index in [9.17, 15) is 4.79 Å². The molecule has 124 valence electrons. The number of benzene rings is 1. The average molecular weight is 364 g/mol. The quantitative estimate of drug-likeness (QED) is 0.399. The summed E-state index contributed by atoms with van der Waals surface area (Å²) in [6, 6.07) is 10.4. The molecule has 0 bridgehead atoms. The van der Waals surface area contributed by atoms with Crippen molar-refractivity contribution in [3.8, 4) is 17.4 Å². The van der Waals surface area contributed by atoms with Crippen molar-refractivity contribution in [3.63, 3.8) is 0 Å². The number of carbonyl (C=O) groups excluding carboxylic acids is 1. The Morgan fingerprint density at radius 1 is 1.38 bits per heavy atom. The molecular weight excluding hydrogens is 349 g/mol. The second-order valence-electron chi connectivity index (χ2n) is 5.10. The monoisotopic (exact) mass is 363 g/mol. The fourth-order valence-electron chi connectivity index (χ4n) is 1.88. The Hall–Kier alpha value is -2.22. The maximum Gasteiger partial charge on any atom is 0.349 e. The number of hydrogen-bond donors (Lipinski definition) is 0. The summed E-state index contributed by atoms with van der Waals surface area (Å²) in [5, 5.41) is 9.94. The first-order valence-electron chi connectivity index (χ1n) is 7.33. The van der Waals surface area contributed by atoms with E-state index in [1.807, 2.05) is 13.0 Å². The van der Waals surface area contributed by atoms with E-state index < -0.39 is 5.97 Å². The second-order valence-corrected chi connectivity index (χ2v) is 5.88. The fraction of sp³-hybridized carbons (Fsp3) is 0.222. The lowest BCUT2D eigenvalue weighted by atomic mass is 10.2. The summed E-state index contributed by atoms with van der Waals surface area (Å²) < 4.78 is 10.8. The van der Waals surface area contributed by atoms with Crippen molar-refractivity contribution >= 4 is 35.2 Å². The molecule has 0 spiro atoms. The highest BCUT2D eigenvalue weighted by atomic mass is 35.5. The number of halogens is 2. The molecule has 0 radical (unpaired) electrons. The molecule has 0 N–H and O–H groups in total. The molecule has 1 aromatic carbocycles. The average Bonchev–Trinajstić information content (AvgIpc) is 3.03.